The molecule has 180 valence electrons. The van der Waals surface area contributed by atoms with Gasteiger partial charge in [0, 0.05) is 22.1 Å². The van der Waals surface area contributed by atoms with Gasteiger partial charge in [0.15, 0.2) is 0 Å². The molecule has 0 fully saturated rings. The second-order valence-electron chi connectivity index (χ2n) is 9.32. The van der Waals surface area contributed by atoms with Gasteiger partial charge in [-0.1, -0.05) is 93.2 Å². The first-order valence-corrected chi connectivity index (χ1v) is 13.1. The molecule has 0 amide bonds. The molecular formula is C35H33F. The molecule has 0 N–H and O–H groups in total. The van der Waals surface area contributed by atoms with E-state index in [1.165, 1.54) is 43.2 Å². The molecule has 4 aromatic rings. The molecule has 0 aliphatic rings. The largest absolute Gasteiger partial charge is 0.205 e. The van der Waals surface area contributed by atoms with Crippen LogP contribution in [0.15, 0.2) is 78.9 Å². The fraction of sp³-hybridized carbons (Fsp3) is 0.257. The van der Waals surface area contributed by atoms with Crippen LogP contribution in [0.4, 0.5) is 4.39 Å². The number of aryl methyl sites for hydroxylation is 2. The summed E-state index contributed by atoms with van der Waals surface area (Å²) >= 11 is 0. The van der Waals surface area contributed by atoms with Crippen molar-refractivity contribution in [2.24, 2.45) is 0 Å². The molecule has 0 aliphatic carbocycles. The van der Waals surface area contributed by atoms with Gasteiger partial charge in [0.05, 0.1) is 5.56 Å². The highest BCUT2D eigenvalue weighted by atomic mass is 19.1. The van der Waals surface area contributed by atoms with E-state index in [1.807, 2.05) is 42.5 Å². The second kappa shape index (κ2) is 12.8. The zero-order valence-electron chi connectivity index (χ0n) is 21.3. The van der Waals surface area contributed by atoms with Gasteiger partial charge in [-0.15, -0.1) is 0 Å². The number of hydrogen-bond donors (Lipinski definition) is 0. The Morgan fingerprint density at radius 1 is 0.556 bits per heavy atom. The molecule has 0 saturated heterocycles. The van der Waals surface area contributed by atoms with Crippen molar-refractivity contribution < 1.29 is 4.39 Å². The predicted molar refractivity (Wildman–Crippen MR) is 151 cm³/mol. The van der Waals surface area contributed by atoms with Crippen LogP contribution in [0.3, 0.4) is 0 Å². The van der Waals surface area contributed by atoms with E-state index in [4.69, 9.17) is 0 Å². The molecular weight excluding hydrogens is 439 g/mol. The Morgan fingerprint density at radius 2 is 1.11 bits per heavy atom. The summed E-state index contributed by atoms with van der Waals surface area (Å²) in [5.41, 5.74) is 5.84. The highest BCUT2D eigenvalue weighted by Gasteiger charge is 2.06. The minimum absolute atomic E-state index is 0.247. The smallest absolute Gasteiger partial charge is 0.146 e. The van der Waals surface area contributed by atoms with Gasteiger partial charge in [-0.05, 0) is 84.7 Å². The van der Waals surface area contributed by atoms with Crippen LogP contribution in [-0.4, -0.2) is 0 Å². The van der Waals surface area contributed by atoms with Gasteiger partial charge in [0.1, 0.15) is 5.82 Å². The minimum atomic E-state index is -0.247. The van der Waals surface area contributed by atoms with Gasteiger partial charge in [-0.3, -0.25) is 0 Å². The van der Waals surface area contributed by atoms with Gasteiger partial charge in [-0.2, -0.15) is 0 Å². The Bertz CT molecular complexity index is 1420. The van der Waals surface area contributed by atoms with E-state index in [9.17, 15) is 0 Å². The average molecular weight is 473 g/mol. The molecule has 0 radical (unpaired) electrons. The van der Waals surface area contributed by atoms with E-state index in [0.29, 0.717) is 10.9 Å². The van der Waals surface area contributed by atoms with E-state index >= 15 is 4.39 Å². The Kier molecular flexibility index (Phi) is 8.97. The number of unbranched alkanes of at least 4 members (excludes halogenated alkanes) is 3. The van der Waals surface area contributed by atoms with Crippen LogP contribution >= 0.6 is 0 Å². The summed E-state index contributed by atoms with van der Waals surface area (Å²) in [5.74, 6) is 12.3. The molecule has 0 aliphatic heterocycles. The highest BCUT2D eigenvalue weighted by molar-refractivity contribution is 5.85. The molecule has 4 rings (SSSR count). The van der Waals surface area contributed by atoms with E-state index in [0.717, 1.165) is 34.9 Å². The van der Waals surface area contributed by atoms with Crippen molar-refractivity contribution in [3.63, 3.8) is 0 Å². The van der Waals surface area contributed by atoms with Crippen molar-refractivity contribution in [3.8, 4) is 23.7 Å². The lowest BCUT2D eigenvalue weighted by atomic mass is 10.0. The van der Waals surface area contributed by atoms with Gasteiger partial charge < -0.3 is 0 Å². The summed E-state index contributed by atoms with van der Waals surface area (Å²) in [6.45, 7) is 4.42. The topological polar surface area (TPSA) is 0 Å². The van der Waals surface area contributed by atoms with Gasteiger partial charge in [0.2, 0.25) is 0 Å². The molecule has 0 spiro atoms. The molecule has 0 aromatic heterocycles. The molecule has 0 unspecified atom stereocenters. The maximum absolute atomic E-state index is 15.1. The van der Waals surface area contributed by atoms with Gasteiger partial charge >= 0.3 is 0 Å². The standard InChI is InChI=1S/C35H33F/c1-3-5-7-9-31-21-25-34-33(26-31)24-23-32(35(34)36)22-20-30-18-16-29(17-19-30)15-14-28-12-10-27(11-13-28)8-6-4-2/h10-13,16-19,21,23-26H,3-9H2,1-2H3. The fourth-order valence-electron chi connectivity index (χ4n) is 4.23. The molecule has 0 bridgehead atoms. The lowest BCUT2D eigenvalue weighted by Gasteiger charge is -2.06. The summed E-state index contributed by atoms with van der Waals surface area (Å²) in [5, 5.41) is 1.57. The van der Waals surface area contributed by atoms with Crippen molar-refractivity contribution in [3.05, 3.63) is 118 Å². The van der Waals surface area contributed by atoms with Crippen LogP contribution in [0.25, 0.3) is 10.8 Å². The van der Waals surface area contributed by atoms with E-state index < -0.39 is 0 Å². The summed E-state index contributed by atoms with van der Waals surface area (Å²) < 4.78 is 15.1. The van der Waals surface area contributed by atoms with Crippen LogP contribution < -0.4 is 0 Å². The number of rotatable bonds is 7. The van der Waals surface area contributed by atoms with E-state index in [1.54, 1.807) is 6.07 Å². The molecule has 0 atom stereocenters. The predicted octanol–water partition coefficient (Wildman–Crippen LogP) is 8.85. The summed E-state index contributed by atoms with van der Waals surface area (Å²) in [6, 6.07) is 26.1. The van der Waals surface area contributed by atoms with Crippen molar-refractivity contribution >= 4 is 10.8 Å². The number of benzene rings is 4. The third-order valence-electron chi connectivity index (χ3n) is 6.44. The lowest BCUT2D eigenvalue weighted by molar-refractivity contribution is 0.636. The average Bonchev–Trinajstić information content (AvgIpc) is 2.92. The van der Waals surface area contributed by atoms with Gasteiger partial charge in [0.25, 0.3) is 0 Å². The fourth-order valence-corrected chi connectivity index (χ4v) is 4.23. The van der Waals surface area contributed by atoms with Crippen LogP contribution in [0.5, 0.6) is 0 Å². The number of hydrogen-bond acceptors (Lipinski definition) is 0. The third kappa shape index (κ3) is 6.87. The SMILES string of the molecule is CCCCCc1ccc2c(F)c(C#Cc3ccc(C#Cc4ccc(CCCC)cc4)cc3)ccc2c1. The van der Waals surface area contributed by atoms with Crippen molar-refractivity contribution in [1.29, 1.82) is 0 Å². The molecule has 4 aromatic carbocycles. The summed E-state index contributed by atoms with van der Waals surface area (Å²) in [7, 11) is 0. The first-order valence-electron chi connectivity index (χ1n) is 13.1. The number of halogens is 1. The van der Waals surface area contributed by atoms with Crippen LogP contribution in [0.1, 0.15) is 79.3 Å². The summed E-state index contributed by atoms with van der Waals surface area (Å²) in [6.07, 6.45) is 8.18. The van der Waals surface area contributed by atoms with Crippen LogP contribution in [0, 0.1) is 29.5 Å². The lowest BCUT2D eigenvalue weighted by Crippen LogP contribution is -1.90. The van der Waals surface area contributed by atoms with Crippen molar-refractivity contribution in [1.82, 2.24) is 0 Å². The molecule has 0 nitrogen and oxygen atoms in total. The Hall–Kier alpha value is -3.81. The molecule has 36 heavy (non-hydrogen) atoms. The van der Waals surface area contributed by atoms with Gasteiger partial charge in [-0.25, -0.2) is 4.39 Å². The second-order valence-corrected chi connectivity index (χ2v) is 9.32. The Labute approximate surface area is 215 Å². The van der Waals surface area contributed by atoms with Crippen LogP contribution in [0.2, 0.25) is 0 Å². The van der Waals surface area contributed by atoms with E-state index in [2.05, 4.69) is 67.9 Å². The normalized spacial score (nSPS) is 10.4. The zero-order chi connectivity index (χ0) is 25.2. The van der Waals surface area contributed by atoms with Crippen LogP contribution in [-0.2, 0) is 12.8 Å². The monoisotopic (exact) mass is 472 g/mol. The maximum Gasteiger partial charge on any atom is 0.146 e. The highest BCUT2D eigenvalue weighted by Crippen LogP contribution is 2.23. The Morgan fingerprint density at radius 3 is 1.75 bits per heavy atom. The maximum atomic E-state index is 15.1. The molecule has 1 heteroatoms. The summed E-state index contributed by atoms with van der Waals surface area (Å²) in [4.78, 5) is 0. The van der Waals surface area contributed by atoms with Crippen molar-refractivity contribution in [2.45, 2.75) is 58.8 Å². The Balaban J connectivity index is 1.43. The first-order chi connectivity index (χ1) is 17.7. The first kappa shape index (κ1) is 25.3. The third-order valence-corrected chi connectivity index (χ3v) is 6.44. The quantitative estimate of drug-likeness (QED) is 0.186. The minimum Gasteiger partial charge on any atom is -0.205 e. The van der Waals surface area contributed by atoms with E-state index in [-0.39, 0.29) is 5.82 Å². The molecule has 0 heterocycles. The van der Waals surface area contributed by atoms with Crippen molar-refractivity contribution in [2.75, 3.05) is 0 Å². The molecule has 0 saturated carbocycles. The zero-order valence-corrected chi connectivity index (χ0v) is 21.3. The number of fused-ring (bicyclic) bond motifs is 1.